The lowest BCUT2D eigenvalue weighted by atomic mass is 9.99. The molecule has 148 valence electrons. The predicted octanol–water partition coefficient (Wildman–Crippen LogP) is 4.54. The van der Waals surface area contributed by atoms with Crippen molar-refractivity contribution in [3.8, 4) is 0 Å². The Morgan fingerprint density at radius 2 is 1.36 bits per heavy atom. The Morgan fingerprint density at radius 3 is 1.93 bits per heavy atom. The Balaban J connectivity index is 1.35. The highest BCUT2D eigenvalue weighted by atomic mass is 35.5. The monoisotopic (exact) mass is 397 g/mol. The van der Waals surface area contributed by atoms with Crippen LogP contribution in [0.2, 0.25) is 5.02 Å². The van der Waals surface area contributed by atoms with E-state index in [0.717, 1.165) is 45.2 Å². The molecule has 0 radical (unpaired) electrons. The van der Waals surface area contributed by atoms with Gasteiger partial charge in [-0.1, -0.05) is 30.7 Å². The molecule has 28 heavy (non-hydrogen) atoms. The van der Waals surface area contributed by atoms with Gasteiger partial charge in [0.05, 0.1) is 10.6 Å². The number of carbonyl (C=O) groups is 1. The lowest BCUT2D eigenvalue weighted by Crippen LogP contribution is -2.48. The Hall–Kier alpha value is -2.20. The maximum Gasteiger partial charge on any atom is 0.255 e. The first-order valence-electron chi connectivity index (χ1n) is 10.3. The van der Waals surface area contributed by atoms with E-state index in [-0.39, 0.29) is 5.91 Å². The predicted molar refractivity (Wildman–Crippen MR) is 117 cm³/mol. The molecule has 0 spiro atoms. The Morgan fingerprint density at radius 1 is 0.821 bits per heavy atom. The van der Waals surface area contributed by atoms with E-state index in [1.165, 1.54) is 24.2 Å². The van der Waals surface area contributed by atoms with Crippen LogP contribution >= 0.6 is 11.6 Å². The van der Waals surface area contributed by atoms with Crippen molar-refractivity contribution >= 4 is 28.9 Å². The summed E-state index contributed by atoms with van der Waals surface area (Å²) in [6.07, 6.45) is 2.56. The number of piperazine rings is 1. The SMILES string of the molecule is CC1CCN(c2ccc(N3CCN(C(=O)c4ccccc4Cl)CC3)cc2)CC1. The topological polar surface area (TPSA) is 26.8 Å². The van der Waals surface area contributed by atoms with Gasteiger partial charge in [-0.25, -0.2) is 0 Å². The van der Waals surface area contributed by atoms with Crippen molar-refractivity contribution in [2.45, 2.75) is 19.8 Å². The lowest BCUT2D eigenvalue weighted by molar-refractivity contribution is 0.0747. The molecule has 0 aromatic heterocycles. The Labute approximate surface area is 172 Å². The molecule has 2 fully saturated rings. The van der Waals surface area contributed by atoms with Crippen LogP contribution in [0.5, 0.6) is 0 Å². The van der Waals surface area contributed by atoms with Crippen molar-refractivity contribution in [1.29, 1.82) is 0 Å². The van der Waals surface area contributed by atoms with Crippen molar-refractivity contribution < 1.29 is 4.79 Å². The zero-order valence-electron chi connectivity index (χ0n) is 16.5. The number of hydrogen-bond donors (Lipinski definition) is 0. The van der Waals surface area contributed by atoms with Crippen LogP contribution in [0.15, 0.2) is 48.5 Å². The summed E-state index contributed by atoms with van der Waals surface area (Å²) in [5, 5.41) is 0.526. The summed E-state index contributed by atoms with van der Waals surface area (Å²) in [7, 11) is 0. The fourth-order valence-corrected chi connectivity index (χ4v) is 4.33. The zero-order valence-corrected chi connectivity index (χ0v) is 17.2. The molecule has 0 bridgehead atoms. The van der Waals surface area contributed by atoms with Gasteiger partial charge in [0, 0.05) is 50.6 Å². The average molecular weight is 398 g/mol. The molecular formula is C23H28ClN3O. The van der Waals surface area contributed by atoms with Crippen LogP contribution in [0.25, 0.3) is 0 Å². The van der Waals surface area contributed by atoms with Crippen LogP contribution in [0.4, 0.5) is 11.4 Å². The average Bonchev–Trinajstić information content (AvgIpc) is 2.74. The standard InChI is InChI=1S/C23H28ClN3O/c1-18-10-12-25(13-11-18)19-6-8-20(9-7-19)26-14-16-27(17-15-26)23(28)21-4-2-3-5-22(21)24/h2-9,18H,10-17H2,1H3. The van der Waals surface area contributed by atoms with Crippen LogP contribution in [0.1, 0.15) is 30.1 Å². The second-order valence-corrected chi connectivity index (χ2v) is 8.35. The molecule has 0 saturated carbocycles. The van der Waals surface area contributed by atoms with E-state index in [1.807, 2.05) is 17.0 Å². The first-order chi connectivity index (χ1) is 13.6. The maximum atomic E-state index is 12.7. The quantitative estimate of drug-likeness (QED) is 0.760. The highest BCUT2D eigenvalue weighted by molar-refractivity contribution is 6.33. The molecule has 2 aliphatic heterocycles. The van der Waals surface area contributed by atoms with Gasteiger partial charge in [-0.3, -0.25) is 4.79 Å². The molecular weight excluding hydrogens is 370 g/mol. The number of hydrogen-bond acceptors (Lipinski definition) is 3. The number of nitrogens with zero attached hydrogens (tertiary/aromatic N) is 3. The van der Waals surface area contributed by atoms with Crippen LogP contribution in [0, 0.1) is 5.92 Å². The smallest absolute Gasteiger partial charge is 0.255 e. The number of anilines is 2. The van der Waals surface area contributed by atoms with Crippen molar-refractivity contribution in [2.24, 2.45) is 5.92 Å². The number of amides is 1. The molecule has 2 aliphatic rings. The van der Waals surface area contributed by atoms with Crippen LogP contribution in [-0.4, -0.2) is 50.1 Å². The van der Waals surface area contributed by atoms with Gasteiger partial charge >= 0.3 is 0 Å². The fourth-order valence-electron chi connectivity index (χ4n) is 4.11. The van der Waals surface area contributed by atoms with E-state index >= 15 is 0 Å². The molecule has 0 aliphatic carbocycles. The molecule has 5 heteroatoms. The molecule has 4 nitrogen and oxygen atoms in total. The summed E-state index contributed by atoms with van der Waals surface area (Å²) in [4.78, 5) is 19.5. The number of carbonyl (C=O) groups excluding carboxylic acids is 1. The van der Waals surface area contributed by atoms with Gasteiger partial charge in [-0.2, -0.15) is 0 Å². The Bertz CT molecular complexity index is 807. The molecule has 1 amide bonds. The van der Waals surface area contributed by atoms with Gasteiger partial charge in [0.15, 0.2) is 0 Å². The molecule has 0 unspecified atom stereocenters. The first kappa shape index (κ1) is 19.1. The Kier molecular flexibility index (Phi) is 5.77. The van der Waals surface area contributed by atoms with E-state index in [1.54, 1.807) is 12.1 Å². The summed E-state index contributed by atoms with van der Waals surface area (Å²) in [5.41, 5.74) is 3.15. The second-order valence-electron chi connectivity index (χ2n) is 7.95. The second kappa shape index (κ2) is 8.44. The van der Waals surface area contributed by atoms with Crippen LogP contribution < -0.4 is 9.80 Å². The van der Waals surface area contributed by atoms with Gasteiger partial charge in [0.2, 0.25) is 0 Å². The van der Waals surface area contributed by atoms with Gasteiger partial charge in [-0.05, 0) is 55.2 Å². The first-order valence-corrected chi connectivity index (χ1v) is 10.6. The third kappa shape index (κ3) is 4.12. The van der Waals surface area contributed by atoms with Gasteiger partial charge < -0.3 is 14.7 Å². The number of halogens is 1. The van der Waals surface area contributed by atoms with Crippen LogP contribution in [0.3, 0.4) is 0 Å². The molecule has 2 saturated heterocycles. The van der Waals surface area contributed by atoms with E-state index in [4.69, 9.17) is 11.6 Å². The summed E-state index contributed by atoms with van der Waals surface area (Å²) in [6, 6.07) is 16.2. The third-order valence-electron chi connectivity index (χ3n) is 6.03. The summed E-state index contributed by atoms with van der Waals surface area (Å²) >= 11 is 6.19. The van der Waals surface area contributed by atoms with E-state index < -0.39 is 0 Å². The zero-order chi connectivity index (χ0) is 19.5. The largest absolute Gasteiger partial charge is 0.372 e. The maximum absolute atomic E-state index is 12.7. The van der Waals surface area contributed by atoms with E-state index in [0.29, 0.717) is 10.6 Å². The normalized spacial score (nSPS) is 18.4. The molecule has 2 aromatic rings. The highest BCUT2D eigenvalue weighted by Crippen LogP contribution is 2.26. The molecule has 0 N–H and O–H groups in total. The van der Waals surface area contributed by atoms with Gasteiger partial charge in [0.25, 0.3) is 5.91 Å². The minimum Gasteiger partial charge on any atom is -0.372 e. The van der Waals surface area contributed by atoms with E-state index in [9.17, 15) is 4.79 Å². The number of piperidine rings is 1. The highest BCUT2D eigenvalue weighted by Gasteiger charge is 2.24. The van der Waals surface area contributed by atoms with Crippen molar-refractivity contribution in [3.63, 3.8) is 0 Å². The van der Waals surface area contributed by atoms with Crippen LogP contribution in [-0.2, 0) is 0 Å². The van der Waals surface area contributed by atoms with E-state index in [2.05, 4.69) is 41.0 Å². The summed E-state index contributed by atoms with van der Waals surface area (Å²) in [6.45, 7) is 7.78. The number of benzene rings is 2. The van der Waals surface area contributed by atoms with Gasteiger partial charge in [0.1, 0.15) is 0 Å². The third-order valence-corrected chi connectivity index (χ3v) is 6.36. The lowest BCUT2D eigenvalue weighted by Gasteiger charge is -2.37. The molecule has 4 rings (SSSR count). The van der Waals surface area contributed by atoms with Gasteiger partial charge in [-0.15, -0.1) is 0 Å². The number of rotatable bonds is 3. The minimum atomic E-state index is 0.0277. The summed E-state index contributed by atoms with van der Waals surface area (Å²) in [5.74, 6) is 0.875. The molecule has 0 atom stereocenters. The fraction of sp³-hybridized carbons (Fsp3) is 0.435. The van der Waals surface area contributed by atoms with Crippen molar-refractivity contribution in [2.75, 3.05) is 49.1 Å². The van der Waals surface area contributed by atoms with Crippen molar-refractivity contribution in [3.05, 3.63) is 59.1 Å². The molecule has 2 aromatic carbocycles. The van der Waals surface area contributed by atoms with Crippen molar-refractivity contribution in [1.82, 2.24) is 4.90 Å². The summed E-state index contributed by atoms with van der Waals surface area (Å²) < 4.78 is 0. The minimum absolute atomic E-state index is 0.0277. The molecule has 2 heterocycles.